The van der Waals surface area contributed by atoms with E-state index < -0.39 is 10.0 Å². The number of methoxy groups -OCH3 is 1. The maximum atomic E-state index is 12.6. The highest BCUT2D eigenvalue weighted by Crippen LogP contribution is 2.28. The molecule has 8 heteroatoms. The number of halogens is 1. The van der Waals surface area contributed by atoms with Crippen molar-refractivity contribution >= 4 is 33.2 Å². The highest BCUT2D eigenvalue weighted by molar-refractivity contribution is 7.92. The Hall–Kier alpha value is -2.25. The zero-order valence-electron chi connectivity index (χ0n) is 15.7. The van der Waals surface area contributed by atoms with Gasteiger partial charge in [-0.1, -0.05) is 23.7 Å². The van der Waals surface area contributed by atoms with E-state index in [0.29, 0.717) is 36.6 Å². The van der Waals surface area contributed by atoms with Crippen LogP contribution in [0.4, 0.5) is 5.69 Å². The smallest absolute Gasteiger partial charge is 0.252 e. The zero-order valence-corrected chi connectivity index (χ0v) is 17.2. The lowest BCUT2D eigenvalue weighted by Gasteiger charge is -2.28. The molecule has 0 atom stereocenters. The summed E-state index contributed by atoms with van der Waals surface area (Å²) in [6.07, 6.45) is 2.12. The molecule has 28 heavy (non-hydrogen) atoms. The Labute approximate surface area is 170 Å². The van der Waals surface area contributed by atoms with Crippen LogP contribution in [0.1, 0.15) is 28.8 Å². The van der Waals surface area contributed by atoms with Gasteiger partial charge in [0, 0.05) is 13.1 Å². The van der Waals surface area contributed by atoms with Gasteiger partial charge in [-0.05, 0) is 55.2 Å². The highest BCUT2D eigenvalue weighted by Gasteiger charge is 2.27. The fraction of sp³-hybridized carbons (Fsp3) is 0.350. The van der Waals surface area contributed by atoms with E-state index in [1.165, 1.54) is 4.31 Å². The summed E-state index contributed by atoms with van der Waals surface area (Å²) in [5.41, 5.74) is 1.82. The van der Waals surface area contributed by atoms with Gasteiger partial charge in [-0.15, -0.1) is 0 Å². The number of hydrogen-bond donors (Lipinski definition) is 1. The number of rotatable bonds is 6. The van der Waals surface area contributed by atoms with E-state index in [1.54, 1.807) is 25.3 Å². The summed E-state index contributed by atoms with van der Waals surface area (Å²) < 4.78 is 31.1. The first-order valence-electron chi connectivity index (χ1n) is 9.12. The van der Waals surface area contributed by atoms with Crippen molar-refractivity contribution in [3.8, 4) is 5.75 Å². The Bertz CT molecular complexity index is 945. The van der Waals surface area contributed by atoms with Gasteiger partial charge in [-0.2, -0.15) is 0 Å². The number of carbonyl (C=O) groups excluding carboxylic acids is 1. The minimum absolute atomic E-state index is 0.124. The number of sulfonamides is 1. The molecular formula is C20H23ClN2O4S. The molecular weight excluding hydrogens is 400 g/mol. The molecule has 3 rings (SSSR count). The first kappa shape index (κ1) is 20.5. The van der Waals surface area contributed by atoms with E-state index in [9.17, 15) is 13.2 Å². The third-order valence-electron chi connectivity index (χ3n) is 4.69. The monoisotopic (exact) mass is 422 g/mol. The lowest BCUT2D eigenvalue weighted by molar-refractivity contribution is 0.0954. The van der Waals surface area contributed by atoms with E-state index in [-0.39, 0.29) is 17.2 Å². The van der Waals surface area contributed by atoms with Crippen molar-refractivity contribution in [2.24, 2.45) is 0 Å². The number of amides is 1. The molecule has 1 aliphatic heterocycles. The van der Waals surface area contributed by atoms with Gasteiger partial charge in [0.2, 0.25) is 10.0 Å². The van der Waals surface area contributed by atoms with Crippen molar-refractivity contribution in [3.63, 3.8) is 0 Å². The molecule has 1 amide bonds. The predicted octanol–water partition coefficient (Wildman–Crippen LogP) is 3.25. The van der Waals surface area contributed by atoms with Crippen LogP contribution in [-0.4, -0.2) is 40.3 Å². The molecule has 1 heterocycles. The number of nitrogens with one attached hydrogen (secondary N) is 1. The summed E-state index contributed by atoms with van der Waals surface area (Å²) in [6.45, 7) is 0.857. The molecule has 150 valence electrons. The van der Waals surface area contributed by atoms with E-state index in [2.05, 4.69) is 5.32 Å². The number of carbonyl (C=O) groups is 1. The number of nitrogens with zero attached hydrogens (tertiary/aromatic N) is 1. The molecule has 0 radical (unpaired) electrons. The first-order valence-corrected chi connectivity index (χ1v) is 11.1. The third-order valence-corrected chi connectivity index (χ3v) is 6.89. The standard InChI is InChI=1S/C20H23ClN2O4S/c1-27-17-7-4-15(5-8-17)10-11-22-20(24)18-14-16(6-9-19(18)21)23-12-2-3-13-28(23,25)26/h4-9,14H,2-3,10-13H2,1H3,(H,22,24). The average Bonchev–Trinajstić information content (AvgIpc) is 2.69. The SMILES string of the molecule is COc1ccc(CCNC(=O)c2cc(N3CCCCS3(=O)=O)ccc2Cl)cc1. The molecule has 0 bridgehead atoms. The van der Waals surface area contributed by atoms with Crippen LogP contribution in [0.2, 0.25) is 5.02 Å². The predicted molar refractivity (Wildman–Crippen MR) is 111 cm³/mol. The minimum atomic E-state index is -3.34. The van der Waals surface area contributed by atoms with Crippen molar-refractivity contribution < 1.29 is 17.9 Å². The van der Waals surface area contributed by atoms with E-state index in [0.717, 1.165) is 17.7 Å². The van der Waals surface area contributed by atoms with Crippen LogP contribution < -0.4 is 14.4 Å². The number of hydrogen-bond acceptors (Lipinski definition) is 4. The molecule has 1 saturated heterocycles. The molecule has 6 nitrogen and oxygen atoms in total. The Morgan fingerprint density at radius 2 is 1.93 bits per heavy atom. The van der Waals surface area contributed by atoms with E-state index in [4.69, 9.17) is 16.3 Å². The third kappa shape index (κ3) is 4.77. The van der Waals surface area contributed by atoms with Gasteiger partial charge in [-0.25, -0.2) is 8.42 Å². The average molecular weight is 423 g/mol. The lowest BCUT2D eigenvalue weighted by Crippen LogP contribution is -2.38. The molecule has 0 saturated carbocycles. The Kier molecular flexibility index (Phi) is 6.46. The largest absolute Gasteiger partial charge is 0.497 e. The summed E-state index contributed by atoms with van der Waals surface area (Å²) in [6, 6.07) is 12.4. The van der Waals surface area contributed by atoms with Crippen molar-refractivity contribution in [2.75, 3.05) is 30.3 Å². The van der Waals surface area contributed by atoms with Crippen LogP contribution in [0.3, 0.4) is 0 Å². The summed E-state index contributed by atoms with van der Waals surface area (Å²) in [4.78, 5) is 12.6. The van der Waals surface area contributed by atoms with Crippen LogP contribution in [0.15, 0.2) is 42.5 Å². The molecule has 0 aliphatic carbocycles. The summed E-state index contributed by atoms with van der Waals surface area (Å²) in [7, 11) is -1.73. The zero-order chi connectivity index (χ0) is 20.1. The van der Waals surface area contributed by atoms with Crippen molar-refractivity contribution in [3.05, 3.63) is 58.6 Å². The minimum Gasteiger partial charge on any atom is -0.497 e. The van der Waals surface area contributed by atoms with Gasteiger partial charge < -0.3 is 10.1 Å². The van der Waals surface area contributed by atoms with Crippen LogP contribution in [0.5, 0.6) is 5.75 Å². The van der Waals surface area contributed by atoms with Crippen LogP contribution in [0, 0.1) is 0 Å². The van der Waals surface area contributed by atoms with Gasteiger partial charge in [0.25, 0.3) is 5.91 Å². The van der Waals surface area contributed by atoms with Gasteiger partial charge in [-0.3, -0.25) is 9.10 Å². The Morgan fingerprint density at radius 3 is 2.61 bits per heavy atom. The molecule has 0 spiro atoms. The van der Waals surface area contributed by atoms with Crippen molar-refractivity contribution in [1.29, 1.82) is 0 Å². The molecule has 1 aliphatic rings. The first-order chi connectivity index (χ1) is 13.4. The van der Waals surface area contributed by atoms with E-state index in [1.807, 2.05) is 24.3 Å². The van der Waals surface area contributed by atoms with Gasteiger partial charge in [0.05, 0.1) is 29.1 Å². The second-order valence-electron chi connectivity index (χ2n) is 6.61. The molecule has 1 N–H and O–H groups in total. The highest BCUT2D eigenvalue weighted by atomic mass is 35.5. The van der Waals surface area contributed by atoms with Crippen molar-refractivity contribution in [2.45, 2.75) is 19.3 Å². The summed E-state index contributed by atoms with van der Waals surface area (Å²) >= 11 is 6.19. The van der Waals surface area contributed by atoms with Gasteiger partial charge in [0.15, 0.2) is 0 Å². The maximum absolute atomic E-state index is 12.6. The molecule has 0 aromatic heterocycles. The maximum Gasteiger partial charge on any atom is 0.252 e. The number of anilines is 1. The topological polar surface area (TPSA) is 75.7 Å². The summed E-state index contributed by atoms with van der Waals surface area (Å²) in [5.74, 6) is 0.581. The quantitative estimate of drug-likeness (QED) is 0.775. The van der Waals surface area contributed by atoms with Crippen LogP contribution in [0.25, 0.3) is 0 Å². The molecule has 2 aromatic carbocycles. The lowest BCUT2D eigenvalue weighted by atomic mass is 10.1. The summed E-state index contributed by atoms with van der Waals surface area (Å²) in [5, 5.41) is 3.14. The Morgan fingerprint density at radius 1 is 1.18 bits per heavy atom. The second-order valence-corrected chi connectivity index (χ2v) is 9.03. The fourth-order valence-corrected chi connectivity index (χ4v) is 4.96. The normalized spacial score (nSPS) is 15.9. The van der Waals surface area contributed by atoms with Gasteiger partial charge >= 0.3 is 0 Å². The molecule has 0 unspecified atom stereocenters. The molecule has 1 fully saturated rings. The molecule has 2 aromatic rings. The fourth-order valence-electron chi connectivity index (χ4n) is 3.13. The van der Waals surface area contributed by atoms with Gasteiger partial charge in [0.1, 0.15) is 5.75 Å². The van der Waals surface area contributed by atoms with Crippen LogP contribution in [-0.2, 0) is 16.4 Å². The van der Waals surface area contributed by atoms with Crippen LogP contribution >= 0.6 is 11.6 Å². The number of ether oxygens (including phenoxy) is 1. The Balaban J connectivity index is 1.67. The van der Waals surface area contributed by atoms with E-state index >= 15 is 0 Å². The van der Waals surface area contributed by atoms with Crippen molar-refractivity contribution in [1.82, 2.24) is 5.32 Å². The number of benzene rings is 2. The second kappa shape index (κ2) is 8.84.